The van der Waals surface area contributed by atoms with E-state index in [0.29, 0.717) is 0 Å². The maximum Gasteiger partial charge on any atom is 0.169 e. The second-order valence-electron chi connectivity index (χ2n) is 3.67. The molecule has 0 saturated carbocycles. The second-order valence-corrected chi connectivity index (χ2v) is 3.67. The van der Waals surface area contributed by atoms with Gasteiger partial charge in [0.2, 0.25) is 0 Å². The molecule has 0 fully saturated rings. The van der Waals surface area contributed by atoms with Gasteiger partial charge in [0.15, 0.2) is 12.4 Å². The third-order valence-electron chi connectivity index (χ3n) is 2.33. The highest BCUT2D eigenvalue weighted by Gasteiger charge is 1.97. The molecule has 0 radical (unpaired) electrons. The summed E-state index contributed by atoms with van der Waals surface area (Å²) >= 11 is 0. The van der Waals surface area contributed by atoms with E-state index in [-0.39, 0.29) is 0 Å². The highest BCUT2D eigenvalue weighted by atomic mass is 14.9. The molecule has 13 heavy (non-hydrogen) atoms. The van der Waals surface area contributed by atoms with Gasteiger partial charge in [-0.1, -0.05) is 19.8 Å². The molecule has 0 aromatic carbocycles. The van der Waals surface area contributed by atoms with Crippen LogP contribution in [-0.4, -0.2) is 0 Å². The molecule has 0 atom stereocenters. The van der Waals surface area contributed by atoms with E-state index >= 15 is 0 Å². The Bertz CT molecular complexity index is 225. The van der Waals surface area contributed by atoms with E-state index in [4.69, 9.17) is 0 Å². The number of rotatable bonds is 5. The summed E-state index contributed by atoms with van der Waals surface area (Å²) in [6.45, 7) is 5.54. The second kappa shape index (κ2) is 5.74. The van der Waals surface area contributed by atoms with Crippen molar-refractivity contribution in [2.75, 3.05) is 0 Å². The highest BCUT2D eigenvalue weighted by molar-refractivity contribution is 5.03. The molecule has 0 bridgehead atoms. The maximum absolute atomic E-state index is 2.27. The van der Waals surface area contributed by atoms with E-state index in [1.165, 1.54) is 37.8 Å². The Hall–Kier alpha value is -0.850. The Labute approximate surface area is 81.4 Å². The molecule has 0 aliphatic rings. The van der Waals surface area contributed by atoms with Crippen molar-refractivity contribution in [2.45, 2.75) is 46.1 Å². The van der Waals surface area contributed by atoms with Gasteiger partial charge in [-0.15, -0.1) is 0 Å². The van der Waals surface area contributed by atoms with Crippen LogP contribution in [0.25, 0.3) is 0 Å². The summed E-state index contributed by atoms with van der Waals surface area (Å²) in [6.07, 6.45) is 9.69. The van der Waals surface area contributed by atoms with Crippen LogP contribution in [0.2, 0.25) is 0 Å². The summed E-state index contributed by atoms with van der Waals surface area (Å²) in [5.41, 5.74) is 1.34. The van der Waals surface area contributed by atoms with Gasteiger partial charge >= 0.3 is 0 Å². The Morgan fingerprint density at radius 1 is 1.08 bits per heavy atom. The molecular formula is C12H20N+. The van der Waals surface area contributed by atoms with Crippen LogP contribution in [0.5, 0.6) is 0 Å². The summed E-state index contributed by atoms with van der Waals surface area (Å²) in [7, 11) is 0. The lowest BCUT2D eigenvalue weighted by atomic mass is 10.2. The normalized spacial score (nSPS) is 10.3. The summed E-state index contributed by atoms with van der Waals surface area (Å²) in [5.74, 6) is 0. The SMILES string of the molecule is CCCCCC[n+]1ccc(C)cc1. The third-order valence-corrected chi connectivity index (χ3v) is 2.33. The Morgan fingerprint density at radius 2 is 1.77 bits per heavy atom. The Kier molecular flexibility index (Phi) is 4.52. The van der Waals surface area contributed by atoms with E-state index in [0.717, 1.165) is 0 Å². The minimum Gasteiger partial charge on any atom is -0.205 e. The van der Waals surface area contributed by atoms with Crippen LogP contribution >= 0.6 is 0 Å². The van der Waals surface area contributed by atoms with E-state index in [1.54, 1.807) is 0 Å². The summed E-state index contributed by atoms with van der Waals surface area (Å²) < 4.78 is 2.27. The topological polar surface area (TPSA) is 3.88 Å². The zero-order valence-electron chi connectivity index (χ0n) is 8.79. The number of hydrogen-bond acceptors (Lipinski definition) is 0. The molecule has 1 aromatic heterocycles. The van der Waals surface area contributed by atoms with Crippen LogP contribution in [-0.2, 0) is 6.54 Å². The lowest BCUT2D eigenvalue weighted by Gasteiger charge is -1.97. The predicted molar refractivity (Wildman–Crippen MR) is 55.5 cm³/mol. The highest BCUT2D eigenvalue weighted by Crippen LogP contribution is 1.98. The van der Waals surface area contributed by atoms with Crippen molar-refractivity contribution in [3.8, 4) is 0 Å². The van der Waals surface area contributed by atoms with Crippen LogP contribution < -0.4 is 4.57 Å². The van der Waals surface area contributed by atoms with Gasteiger partial charge in [-0.25, -0.2) is 4.57 Å². The fraction of sp³-hybridized carbons (Fsp3) is 0.583. The molecule has 72 valence electrons. The van der Waals surface area contributed by atoms with Gasteiger partial charge in [-0.05, 0) is 18.9 Å². The predicted octanol–water partition coefficient (Wildman–Crippen LogP) is 2.86. The zero-order valence-corrected chi connectivity index (χ0v) is 8.79. The van der Waals surface area contributed by atoms with Crippen molar-refractivity contribution < 1.29 is 4.57 Å². The number of aryl methyl sites for hydroxylation is 2. The van der Waals surface area contributed by atoms with Crippen molar-refractivity contribution in [1.82, 2.24) is 0 Å². The van der Waals surface area contributed by atoms with E-state index in [9.17, 15) is 0 Å². The molecule has 1 heterocycles. The standard InChI is InChI=1S/C12H20N/c1-3-4-5-6-9-13-10-7-12(2)8-11-13/h7-8,10-11H,3-6,9H2,1-2H3/q+1. The molecule has 0 saturated heterocycles. The Balaban J connectivity index is 2.25. The summed E-state index contributed by atoms with van der Waals surface area (Å²) in [6, 6.07) is 4.33. The lowest BCUT2D eigenvalue weighted by molar-refractivity contribution is -0.697. The quantitative estimate of drug-likeness (QED) is 0.482. The van der Waals surface area contributed by atoms with Crippen molar-refractivity contribution >= 4 is 0 Å². The smallest absolute Gasteiger partial charge is 0.169 e. The number of hydrogen-bond donors (Lipinski definition) is 0. The molecule has 0 aliphatic carbocycles. The van der Waals surface area contributed by atoms with Crippen LogP contribution in [0.1, 0.15) is 38.2 Å². The van der Waals surface area contributed by atoms with Gasteiger partial charge in [0.05, 0.1) is 0 Å². The minimum atomic E-state index is 1.17. The molecule has 0 unspecified atom stereocenters. The zero-order chi connectivity index (χ0) is 9.52. The van der Waals surface area contributed by atoms with Gasteiger partial charge < -0.3 is 0 Å². The van der Waals surface area contributed by atoms with Crippen molar-refractivity contribution in [3.63, 3.8) is 0 Å². The molecule has 0 aliphatic heterocycles. The van der Waals surface area contributed by atoms with Gasteiger partial charge in [0, 0.05) is 18.6 Å². The fourth-order valence-electron chi connectivity index (χ4n) is 1.40. The minimum absolute atomic E-state index is 1.17. The molecule has 1 heteroatoms. The largest absolute Gasteiger partial charge is 0.205 e. The van der Waals surface area contributed by atoms with Crippen molar-refractivity contribution in [1.29, 1.82) is 0 Å². The first-order chi connectivity index (χ1) is 6.33. The molecular weight excluding hydrogens is 158 g/mol. The monoisotopic (exact) mass is 178 g/mol. The van der Waals surface area contributed by atoms with Crippen molar-refractivity contribution in [2.24, 2.45) is 0 Å². The fourth-order valence-corrected chi connectivity index (χ4v) is 1.40. The number of pyridine rings is 1. The summed E-state index contributed by atoms with van der Waals surface area (Å²) in [5, 5.41) is 0. The van der Waals surface area contributed by atoms with E-state index < -0.39 is 0 Å². The first-order valence-electron chi connectivity index (χ1n) is 5.28. The molecule has 1 aromatic rings. The average molecular weight is 178 g/mol. The summed E-state index contributed by atoms with van der Waals surface area (Å²) in [4.78, 5) is 0. The number of nitrogens with zero attached hydrogens (tertiary/aromatic N) is 1. The van der Waals surface area contributed by atoms with Gasteiger partial charge in [0.25, 0.3) is 0 Å². The van der Waals surface area contributed by atoms with Gasteiger partial charge in [-0.2, -0.15) is 0 Å². The van der Waals surface area contributed by atoms with Crippen LogP contribution in [0, 0.1) is 6.92 Å². The molecule has 0 spiro atoms. The van der Waals surface area contributed by atoms with Crippen LogP contribution in [0.15, 0.2) is 24.5 Å². The maximum atomic E-state index is 2.27. The van der Waals surface area contributed by atoms with E-state index in [1.807, 2.05) is 0 Å². The molecule has 1 nitrogen and oxygen atoms in total. The molecule has 0 N–H and O–H groups in total. The number of unbranched alkanes of at least 4 members (excludes halogenated alkanes) is 3. The molecule has 1 rings (SSSR count). The Morgan fingerprint density at radius 3 is 2.38 bits per heavy atom. The first-order valence-corrected chi connectivity index (χ1v) is 5.28. The number of aromatic nitrogens is 1. The average Bonchev–Trinajstić information content (AvgIpc) is 2.15. The first kappa shape index (κ1) is 10.2. The third kappa shape index (κ3) is 4.07. The van der Waals surface area contributed by atoms with E-state index in [2.05, 4.69) is 42.9 Å². The van der Waals surface area contributed by atoms with Crippen molar-refractivity contribution in [3.05, 3.63) is 30.1 Å². The van der Waals surface area contributed by atoms with Gasteiger partial charge in [0.1, 0.15) is 6.54 Å². The van der Waals surface area contributed by atoms with Crippen LogP contribution in [0.4, 0.5) is 0 Å². The molecule has 0 amide bonds. The lowest BCUT2D eigenvalue weighted by Crippen LogP contribution is -2.32. The van der Waals surface area contributed by atoms with Crippen LogP contribution in [0.3, 0.4) is 0 Å². The van der Waals surface area contributed by atoms with Gasteiger partial charge in [-0.3, -0.25) is 0 Å².